The minimum atomic E-state index is -0.552. The van der Waals surface area contributed by atoms with E-state index in [2.05, 4.69) is 36.6 Å². The van der Waals surface area contributed by atoms with E-state index in [1.807, 2.05) is 27.7 Å². The smallest absolute Gasteiger partial charge is 0.346 e. The number of anilines is 2. The van der Waals surface area contributed by atoms with Crippen LogP contribution in [0.3, 0.4) is 0 Å². The van der Waals surface area contributed by atoms with Gasteiger partial charge in [-0.1, -0.05) is 36.2 Å². The van der Waals surface area contributed by atoms with Crippen LogP contribution in [0, 0.1) is 46.3 Å². The summed E-state index contributed by atoms with van der Waals surface area (Å²) in [5.41, 5.74) is 2.70. The Labute approximate surface area is 428 Å². The fourth-order valence-electron chi connectivity index (χ4n) is 12.3. The minimum Gasteiger partial charge on any atom is -0.469 e. The van der Waals surface area contributed by atoms with Crippen molar-refractivity contribution in [1.82, 2.24) is 9.80 Å². The first-order valence-corrected chi connectivity index (χ1v) is 25.6. The average molecular weight is 1010 g/mol. The quantitative estimate of drug-likeness (QED) is 0.183. The molecule has 9 aliphatic rings. The lowest BCUT2D eigenvalue weighted by Crippen LogP contribution is -2.60. The Hall–Kier alpha value is -6.53. The number of benzene rings is 2. The van der Waals surface area contributed by atoms with Gasteiger partial charge < -0.3 is 49.2 Å². The lowest BCUT2D eigenvalue weighted by atomic mass is 9.43. The molecule has 5 aliphatic heterocycles. The Morgan fingerprint density at radius 3 is 1.86 bits per heavy atom. The number of nitrogens with zero attached hydrogens (tertiary/aromatic N) is 5. The molecule has 9 bridgehead atoms. The van der Waals surface area contributed by atoms with Gasteiger partial charge >= 0.3 is 11.9 Å². The van der Waals surface area contributed by atoms with E-state index in [-0.39, 0.29) is 104 Å². The number of methoxy groups -OCH3 is 2. The molecule has 0 saturated heterocycles. The molecule has 4 aliphatic carbocycles. The predicted molar refractivity (Wildman–Crippen MR) is 272 cm³/mol. The number of rotatable bonds is 9. The summed E-state index contributed by atoms with van der Waals surface area (Å²) in [6.45, 7) is 12.5. The second-order valence-corrected chi connectivity index (χ2v) is 21.3. The van der Waals surface area contributed by atoms with Crippen molar-refractivity contribution in [3.05, 3.63) is 48.5 Å². The number of ether oxygens (including phenoxy) is 3. The number of fused-ring (bicyclic) bond motifs is 3. The summed E-state index contributed by atoms with van der Waals surface area (Å²) in [5.74, 6) is -1.23. The Balaban J connectivity index is 1.23. The summed E-state index contributed by atoms with van der Waals surface area (Å²) in [4.78, 5) is 99.7. The fraction of sp³-hybridized carbons (Fsp3) is 0.611. The van der Waals surface area contributed by atoms with Crippen molar-refractivity contribution in [2.24, 2.45) is 61.8 Å². The molecule has 11 rings (SSSR count). The van der Waals surface area contributed by atoms with Gasteiger partial charge in [0.05, 0.1) is 31.4 Å². The van der Waals surface area contributed by atoms with Gasteiger partial charge in [0.2, 0.25) is 18.4 Å². The molecular formula is C54H73N7O12. The highest BCUT2D eigenvalue weighted by Crippen LogP contribution is 2.67. The third kappa shape index (κ3) is 12.5. The number of oxime groups is 3. The average Bonchev–Trinajstić information content (AvgIpc) is 3.72. The first kappa shape index (κ1) is 54.2. The van der Waals surface area contributed by atoms with E-state index < -0.39 is 29.8 Å². The van der Waals surface area contributed by atoms with Gasteiger partial charge in [0.15, 0.2) is 13.2 Å². The number of esters is 2. The monoisotopic (exact) mass is 1010 g/mol. The first-order chi connectivity index (χ1) is 34.8. The normalized spacial score (nSPS) is 29.6. The maximum atomic E-state index is 14.0. The number of carbonyl (C=O) groups excluding carboxylic acids is 6. The van der Waals surface area contributed by atoms with Crippen molar-refractivity contribution in [2.45, 2.75) is 118 Å². The van der Waals surface area contributed by atoms with E-state index in [0.29, 0.717) is 55.0 Å². The lowest BCUT2D eigenvalue weighted by molar-refractivity contribution is -0.146. The number of amides is 4. The van der Waals surface area contributed by atoms with Crippen molar-refractivity contribution in [1.29, 1.82) is 0 Å². The van der Waals surface area contributed by atoms with Crippen LogP contribution < -0.4 is 15.4 Å². The first-order valence-electron chi connectivity index (χ1n) is 25.6. The topological polar surface area (TPSA) is 225 Å². The molecule has 0 radical (unpaired) electrons. The number of nitrogens with one attached hydrogen (secondary N) is 2. The minimum absolute atomic E-state index is 0.00907. The summed E-state index contributed by atoms with van der Waals surface area (Å²) in [5, 5.41) is 20.0. The van der Waals surface area contributed by atoms with Gasteiger partial charge in [0.25, 0.3) is 11.8 Å². The maximum Gasteiger partial charge on any atom is 0.346 e. The van der Waals surface area contributed by atoms with Gasteiger partial charge in [-0.25, -0.2) is 4.79 Å². The van der Waals surface area contributed by atoms with Crippen LogP contribution in [0.5, 0.6) is 11.5 Å². The van der Waals surface area contributed by atoms with Gasteiger partial charge in [0.1, 0.15) is 24.6 Å². The van der Waals surface area contributed by atoms with Gasteiger partial charge in [0, 0.05) is 41.2 Å². The Morgan fingerprint density at radius 1 is 0.753 bits per heavy atom. The van der Waals surface area contributed by atoms with Crippen LogP contribution in [0.25, 0.3) is 0 Å². The Kier molecular flexibility index (Phi) is 17.5. The number of hydrogen-bond donors (Lipinski definition) is 2. The molecule has 2 N–H and O–H groups in total. The second kappa shape index (κ2) is 23.6. The van der Waals surface area contributed by atoms with Crippen molar-refractivity contribution >= 4 is 64.1 Å². The molecule has 2 aromatic carbocycles. The third-order valence-electron chi connectivity index (χ3n) is 16.4. The van der Waals surface area contributed by atoms with E-state index in [0.717, 1.165) is 36.4 Å². The molecule has 4 fully saturated rings. The molecule has 19 heteroatoms. The molecule has 0 unspecified atom stereocenters. The predicted octanol–water partition coefficient (Wildman–Crippen LogP) is 7.60. The summed E-state index contributed by atoms with van der Waals surface area (Å²) in [6.07, 6.45) is 5.59. The van der Waals surface area contributed by atoms with Crippen LogP contribution in [-0.4, -0.2) is 122 Å². The van der Waals surface area contributed by atoms with E-state index in [9.17, 15) is 28.8 Å². The van der Waals surface area contributed by atoms with Crippen LogP contribution in [0.15, 0.2) is 64.0 Å². The highest BCUT2D eigenvalue weighted by molar-refractivity contribution is 5.98. The maximum absolute atomic E-state index is 14.0. The van der Waals surface area contributed by atoms with E-state index in [1.165, 1.54) is 24.0 Å². The lowest BCUT2D eigenvalue weighted by Gasteiger charge is -2.60. The second-order valence-electron chi connectivity index (χ2n) is 21.3. The number of hydrogen-bond acceptors (Lipinski definition) is 15. The van der Waals surface area contributed by atoms with Crippen molar-refractivity contribution in [3.8, 4) is 11.5 Å². The van der Waals surface area contributed by atoms with E-state index >= 15 is 0 Å². The van der Waals surface area contributed by atoms with E-state index in [4.69, 9.17) is 39.0 Å². The molecule has 5 heterocycles. The van der Waals surface area contributed by atoms with Crippen molar-refractivity contribution in [2.75, 3.05) is 57.8 Å². The van der Waals surface area contributed by atoms with Crippen LogP contribution in [-0.2, 0) is 52.8 Å². The summed E-state index contributed by atoms with van der Waals surface area (Å²) >= 11 is 0. The zero-order chi connectivity index (χ0) is 52.6. The standard InChI is InChI=1S/C54H73N7O12/c1-32(2)60-27-46(62)55-36-11-15-39(16-12-36)73-40-17-13-37(14-18-40)56-47(63)28-61(33(3)4)49(65)30-71-59-45-26-43-52(42-20-19-41(54(42,45)7)34(5)10-21-50(66)68-8)44(58-72-31-51(67)69-9)25-35-24-38(22-23-53(35,43)6)57-70-29-48(60)64/h11-18,32-35,41-43,52H,10,19-31H2,1-9H3,(H,55,62)(H,56,63)/b57-38+,58-44+,59-45+/t34-,35-,41-,42+,43+,52+,53+,54-/m1/s1. The molecule has 396 valence electrons. The molecule has 0 aromatic heterocycles. The van der Waals surface area contributed by atoms with Gasteiger partial charge in [-0.2, -0.15) is 0 Å². The van der Waals surface area contributed by atoms with Crippen LogP contribution in [0.4, 0.5) is 11.4 Å². The van der Waals surface area contributed by atoms with Crippen molar-refractivity contribution in [3.63, 3.8) is 0 Å². The molecule has 0 spiro atoms. The van der Waals surface area contributed by atoms with E-state index in [1.54, 1.807) is 48.5 Å². The molecule has 19 nitrogen and oxygen atoms in total. The summed E-state index contributed by atoms with van der Waals surface area (Å²) in [6, 6.07) is 13.0. The van der Waals surface area contributed by atoms with Gasteiger partial charge in [-0.05, 0) is 163 Å². The number of carbonyl (C=O) groups is 6. The largest absolute Gasteiger partial charge is 0.469 e. The molecule has 2 aromatic rings. The zero-order valence-electron chi connectivity index (χ0n) is 43.8. The SMILES string of the molecule is COC(=O)CC[C@@H](C)[C@H]1CC[C@H]2[C@@H]3/C(=N/OCC(=O)OC)C[C@H]4C/C5=N/OCC(=O)N(C(C)C)CC(=O)Nc6ccc(cc6)Oc6ccc(cc6)NC(=O)CN(C(C)C)C(=O)CO/N=C(\C[C@@H]3[C@@]4(C)CC5)[C@]12C. The zero-order valence-corrected chi connectivity index (χ0v) is 43.8. The van der Waals surface area contributed by atoms with Crippen molar-refractivity contribution < 1.29 is 57.5 Å². The van der Waals surface area contributed by atoms with Gasteiger partial charge in [-0.15, -0.1) is 0 Å². The molecular weight excluding hydrogens is 939 g/mol. The Bertz CT molecular complexity index is 2440. The highest BCUT2D eigenvalue weighted by atomic mass is 16.7. The summed E-state index contributed by atoms with van der Waals surface area (Å²) in [7, 11) is 2.69. The third-order valence-corrected chi connectivity index (χ3v) is 16.4. The van der Waals surface area contributed by atoms with Crippen LogP contribution >= 0.6 is 0 Å². The Morgan fingerprint density at radius 2 is 1.32 bits per heavy atom. The van der Waals surface area contributed by atoms with Crippen LogP contribution in [0.1, 0.15) is 106 Å². The molecule has 4 saturated carbocycles. The molecule has 73 heavy (non-hydrogen) atoms. The molecule has 8 atom stereocenters. The van der Waals surface area contributed by atoms with Crippen LogP contribution in [0.2, 0.25) is 0 Å². The van der Waals surface area contributed by atoms with Gasteiger partial charge in [-0.3, -0.25) is 24.0 Å². The highest BCUT2D eigenvalue weighted by Gasteiger charge is 2.65. The molecule has 4 amide bonds. The summed E-state index contributed by atoms with van der Waals surface area (Å²) < 4.78 is 15.9. The fourth-order valence-corrected chi connectivity index (χ4v) is 12.3.